The topological polar surface area (TPSA) is 140 Å². The van der Waals surface area contributed by atoms with Gasteiger partial charge in [-0.1, -0.05) is 29.8 Å². The van der Waals surface area contributed by atoms with Crippen LogP contribution in [0.15, 0.2) is 89.8 Å². The molecule has 7 aromatic rings. The predicted octanol–water partition coefficient (Wildman–Crippen LogP) is 12.2. The second-order valence-electron chi connectivity index (χ2n) is 16.6. The molecule has 0 aliphatic heterocycles. The number of benzene rings is 3. The molecular weight excluding hydrogens is 968 g/mol. The van der Waals surface area contributed by atoms with Crippen molar-refractivity contribution < 1.29 is 40.7 Å². The number of nitrogens with one attached hydrogen (secondary N) is 3. The van der Waals surface area contributed by atoms with Crippen molar-refractivity contribution in [1.29, 1.82) is 0 Å². The Morgan fingerprint density at radius 1 is 0.731 bits per heavy atom. The van der Waals surface area contributed by atoms with Gasteiger partial charge in [-0.05, 0) is 121 Å². The van der Waals surface area contributed by atoms with Crippen molar-refractivity contribution in [2.45, 2.75) is 77.2 Å². The number of halogens is 8. The van der Waals surface area contributed by atoms with E-state index in [1.54, 1.807) is 59.4 Å². The SMILES string of the molecule is Cc1cc(-c2cnc3c(NCCC(F)(F)F)cc(Br)nn23)ccc1C(=O)CC1CC1.Cc1cc(-c2cnc3c(NCCC(F)(F)F)cc(Oc4ccc(Cl)cc4)nn23)ccc1C(=O)NC1CC1. The number of fused-ring (bicyclic) bond motifs is 2. The van der Waals surface area contributed by atoms with Crippen LogP contribution < -0.4 is 20.7 Å². The maximum Gasteiger partial charge on any atom is 0.390 e. The van der Waals surface area contributed by atoms with Gasteiger partial charge in [-0.2, -0.15) is 31.4 Å². The van der Waals surface area contributed by atoms with Crippen LogP contribution in [0.25, 0.3) is 33.8 Å². The Bertz CT molecular complexity index is 2950. The summed E-state index contributed by atoms with van der Waals surface area (Å²) in [5, 5.41) is 18.1. The van der Waals surface area contributed by atoms with Crippen molar-refractivity contribution in [2.24, 2.45) is 5.92 Å². The number of hydrogen-bond acceptors (Lipinski definition) is 9. The van der Waals surface area contributed by atoms with Gasteiger partial charge in [0.1, 0.15) is 10.4 Å². The van der Waals surface area contributed by atoms with Gasteiger partial charge in [0.2, 0.25) is 5.88 Å². The maximum absolute atomic E-state index is 12.8. The number of ketones is 1. The third kappa shape index (κ3) is 12.2. The van der Waals surface area contributed by atoms with E-state index in [1.807, 2.05) is 38.1 Å². The highest BCUT2D eigenvalue weighted by atomic mass is 79.9. The molecule has 0 spiro atoms. The normalized spacial score (nSPS) is 13.9. The van der Waals surface area contributed by atoms with Gasteiger partial charge in [0.15, 0.2) is 17.1 Å². The number of aryl methyl sites for hydroxylation is 2. The Labute approximate surface area is 393 Å². The Balaban J connectivity index is 0.000000186. The van der Waals surface area contributed by atoms with Gasteiger partial charge in [-0.15, -0.1) is 5.10 Å². The lowest BCUT2D eigenvalue weighted by Crippen LogP contribution is -2.26. The first kappa shape index (κ1) is 47.3. The van der Waals surface area contributed by atoms with Crippen LogP contribution in [0.5, 0.6) is 11.6 Å². The molecule has 1 amide bonds. The Kier molecular flexibility index (Phi) is 13.8. The number of hydrogen-bond donors (Lipinski definition) is 3. The van der Waals surface area contributed by atoms with Crippen molar-refractivity contribution in [3.8, 4) is 34.1 Å². The highest BCUT2D eigenvalue weighted by molar-refractivity contribution is 9.10. The van der Waals surface area contributed by atoms with Crippen LogP contribution >= 0.6 is 27.5 Å². The lowest BCUT2D eigenvalue weighted by atomic mass is 9.98. The Morgan fingerprint density at radius 2 is 1.27 bits per heavy atom. The van der Waals surface area contributed by atoms with Gasteiger partial charge in [-0.3, -0.25) is 9.59 Å². The fourth-order valence-corrected chi connectivity index (χ4v) is 7.80. The molecule has 9 rings (SSSR count). The van der Waals surface area contributed by atoms with E-state index in [0.29, 0.717) is 67.3 Å². The number of alkyl halides is 6. The zero-order chi connectivity index (χ0) is 47.6. The van der Waals surface area contributed by atoms with Gasteiger partial charge in [0.25, 0.3) is 5.91 Å². The second kappa shape index (κ2) is 19.6. The van der Waals surface area contributed by atoms with Crippen molar-refractivity contribution >= 4 is 61.9 Å². The highest BCUT2D eigenvalue weighted by Gasteiger charge is 2.29. The van der Waals surface area contributed by atoms with E-state index in [1.165, 1.54) is 10.6 Å². The third-order valence-corrected chi connectivity index (χ3v) is 11.7. The molecule has 0 saturated heterocycles. The van der Waals surface area contributed by atoms with Crippen LogP contribution in [0.1, 0.15) is 76.8 Å². The molecule has 2 aliphatic rings. The largest absolute Gasteiger partial charge is 0.438 e. The number of ether oxygens (including phenoxy) is 1. The quantitative estimate of drug-likeness (QED) is 0.0676. The lowest BCUT2D eigenvalue weighted by Gasteiger charge is -2.13. The number of amides is 1. The molecule has 0 unspecified atom stereocenters. The summed E-state index contributed by atoms with van der Waals surface area (Å²) < 4.78 is 85.1. The summed E-state index contributed by atoms with van der Waals surface area (Å²) in [4.78, 5) is 33.8. The third-order valence-electron chi connectivity index (χ3n) is 11.0. The molecule has 67 heavy (non-hydrogen) atoms. The number of rotatable bonds is 15. The molecule has 2 fully saturated rings. The molecule has 0 atom stereocenters. The number of carbonyl (C=O) groups excluding carboxylic acids is 2. The van der Waals surface area contributed by atoms with Gasteiger partial charge >= 0.3 is 12.4 Å². The standard InChI is InChI=1S/C26H23ClF3N5O2.C21H20BrF3N4O/c1-15-12-16(2-9-20(15)25(36)33-18-5-6-18)22-14-32-24-21(31-11-10-26(28,29)30)13-23(34-35(22)24)37-19-7-3-17(27)4-8-19;1-12-8-14(4-5-15(12)18(30)9-13-2-3-13)17-11-27-20-16(10-19(22)28-29(17)20)26-7-6-21(23,24)25/h2-4,7-9,12-14,18,31H,5-6,10-11H2,1H3,(H,33,36);4-5,8,10-11,13,26H,2-3,6-7,9H2,1H3. The van der Waals surface area contributed by atoms with Crippen molar-refractivity contribution in [3.63, 3.8) is 0 Å². The summed E-state index contributed by atoms with van der Waals surface area (Å²) in [6, 6.07) is 21.0. The predicted molar refractivity (Wildman–Crippen MR) is 246 cm³/mol. The zero-order valence-corrected chi connectivity index (χ0v) is 38.4. The number of nitrogens with zero attached hydrogens (tertiary/aromatic N) is 6. The molecular formula is C47H43BrClF6N9O3. The average Bonchev–Trinajstić information content (AvgIpc) is 4.17. The van der Waals surface area contributed by atoms with Crippen LogP contribution in [0.2, 0.25) is 5.02 Å². The van der Waals surface area contributed by atoms with E-state index in [0.717, 1.165) is 53.5 Å². The van der Waals surface area contributed by atoms with E-state index >= 15 is 0 Å². The molecule has 0 radical (unpaired) electrons. The molecule has 4 heterocycles. The number of aromatic nitrogens is 6. The fraction of sp³-hybridized carbons (Fsp3) is 0.319. The summed E-state index contributed by atoms with van der Waals surface area (Å²) in [5.41, 5.74) is 7.39. The zero-order valence-electron chi connectivity index (χ0n) is 36.0. The Morgan fingerprint density at radius 3 is 1.79 bits per heavy atom. The summed E-state index contributed by atoms with van der Waals surface area (Å²) >= 11 is 9.26. The van der Waals surface area contributed by atoms with Crippen LogP contribution in [0.4, 0.5) is 37.7 Å². The maximum atomic E-state index is 12.8. The van der Waals surface area contributed by atoms with Gasteiger partial charge in [0, 0.05) is 58.9 Å². The molecule has 2 saturated carbocycles. The molecule has 4 aromatic heterocycles. The monoisotopic (exact) mass is 1010 g/mol. The van der Waals surface area contributed by atoms with Crippen molar-refractivity contribution in [3.05, 3.63) is 117 Å². The van der Waals surface area contributed by atoms with E-state index < -0.39 is 25.2 Å². The van der Waals surface area contributed by atoms with E-state index in [-0.39, 0.29) is 36.7 Å². The molecule has 20 heteroatoms. The summed E-state index contributed by atoms with van der Waals surface area (Å²) in [7, 11) is 0. The second-order valence-corrected chi connectivity index (χ2v) is 17.8. The first-order valence-electron chi connectivity index (χ1n) is 21.4. The molecule has 350 valence electrons. The average molecular weight is 1010 g/mol. The van der Waals surface area contributed by atoms with Gasteiger partial charge in [0.05, 0.1) is 48.0 Å². The minimum absolute atomic E-state index is 0.113. The van der Waals surface area contributed by atoms with Gasteiger partial charge < -0.3 is 20.7 Å². The van der Waals surface area contributed by atoms with Crippen molar-refractivity contribution in [2.75, 3.05) is 23.7 Å². The summed E-state index contributed by atoms with van der Waals surface area (Å²) in [5.74, 6) is 1.19. The number of anilines is 2. The first-order valence-corrected chi connectivity index (χ1v) is 22.6. The lowest BCUT2D eigenvalue weighted by molar-refractivity contribution is -0.132. The van der Waals surface area contributed by atoms with Crippen molar-refractivity contribution in [1.82, 2.24) is 34.5 Å². The number of Topliss-reactive ketones (excluding diaryl/α,β-unsaturated/α-hetero) is 1. The van der Waals surface area contributed by atoms with Crippen LogP contribution in [-0.4, -0.2) is 72.4 Å². The highest BCUT2D eigenvalue weighted by Crippen LogP contribution is 2.35. The molecule has 12 nitrogen and oxygen atoms in total. The smallest absolute Gasteiger partial charge is 0.390 e. The van der Waals surface area contributed by atoms with Gasteiger partial charge in [-0.25, -0.2) is 19.0 Å². The van der Waals surface area contributed by atoms with Crippen LogP contribution in [-0.2, 0) is 0 Å². The number of imidazole rings is 2. The Hall–Kier alpha value is -6.21. The van der Waals surface area contributed by atoms with E-state index in [4.69, 9.17) is 16.3 Å². The number of carbonyl (C=O) groups is 2. The fourth-order valence-electron chi connectivity index (χ4n) is 7.29. The summed E-state index contributed by atoms with van der Waals surface area (Å²) in [6.07, 6.45) is -2.42. The summed E-state index contributed by atoms with van der Waals surface area (Å²) in [6.45, 7) is 3.16. The van der Waals surface area contributed by atoms with E-state index in [9.17, 15) is 35.9 Å². The minimum atomic E-state index is -4.30. The first-order chi connectivity index (χ1) is 31.9. The van der Waals surface area contributed by atoms with Crippen LogP contribution in [0.3, 0.4) is 0 Å². The molecule has 3 aromatic carbocycles. The molecule has 2 aliphatic carbocycles. The minimum Gasteiger partial charge on any atom is -0.438 e. The van der Waals surface area contributed by atoms with E-state index in [2.05, 4.69) is 52.0 Å². The van der Waals surface area contributed by atoms with Crippen LogP contribution in [0, 0.1) is 19.8 Å². The molecule has 3 N–H and O–H groups in total. The molecule has 0 bridgehead atoms.